The summed E-state index contributed by atoms with van der Waals surface area (Å²) in [5.41, 5.74) is 9.08. The molecule has 0 spiro atoms. The lowest BCUT2D eigenvalue weighted by molar-refractivity contribution is 1.16. The van der Waals surface area contributed by atoms with E-state index in [4.69, 9.17) is 9.97 Å². The van der Waals surface area contributed by atoms with Crippen molar-refractivity contribution in [2.45, 2.75) is 13.1 Å². The fourth-order valence-electron chi connectivity index (χ4n) is 6.54. The third kappa shape index (κ3) is 3.29. The summed E-state index contributed by atoms with van der Waals surface area (Å²) in [6.45, 7) is 4.85. The third-order valence-corrected chi connectivity index (χ3v) is 11.9. The summed E-state index contributed by atoms with van der Waals surface area (Å²) in [6, 6.07) is 45.4. The number of nitrogens with zero attached hydrogens (tertiary/aromatic N) is 3. The van der Waals surface area contributed by atoms with Crippen LogP contribution in [0.5, 0.6) is 0 Å². The van der Waals surface area contributed by atoms with E-state index in [2.05, 4.69) is 145 Å². The molecule has 0 atom stereocenters. The highest BCUT2D eigenvalue weighted by atomic mass is 28.3. The van der Waals surface area contributed by atoms with Crippen molar-refractivity contribution in [1.82, 2.24) is 14.5 Å². The minimum absolute atomic E-state index is 0.765. The molecule has 190 valence electrons. The highest BCUT2D eigenvalue weighted by Crippen LogP contribution is 2.35. The van der Waals surface area contributed by atoms with Crippen LogP contribution in [0.4, 0.5) is 0 Å². The number of benzene rings is 5. The monoisotopic (exact) mass is 529 g/mol. The van der Waals surface area contributed by atoms with Crippen molar-refractivity contribution in [3.63, 3.8) is 0 Å². The molecular formula is C36H27N3Si. The Morgan fingerprint density at radius 1 is 0.550 bits per heavy atom. The summed E-state index contributed by atoms with van der Waals surface area (Å²) in [6.07, 6.45) is 0. The maximum atomic E-state index is 5.32. The number of para-hydroxylation sites is 2. The molecule has 0 fully saturated rings. The lowest BCUT2D eigenvalue weighted by Crippen LogP contribution is -2.50. The van der Waals surface area contributed by atoms with Crippen LogP contribution in [0.3, 0.4) is 0 Å². The van der Waals surface area contributed by atoms with Gasteiger partial charge in [0.1, 0.15) is 8.07 Å². The van der Waals surface area contributed by atoms with Gasteiger partial charge in [0.05, 0.1) is 22.4 Å². The van der Waals surface area contributed by atoms with Crippen molar-refractivity contribution in [3.05, 3.63) is 127 Å². The predicted molar refractivity (Wildman–Crippen MR) is 169 cm³/mol. The van der Waals surface area contributed by atoms with Crippen LogP contribution in [0.1, 0.15) is 0 Å². The van der Waals surface area contributed by atoms with Crippen LogP contribution in [-0.2, 0) is 0 Å². The Bertz CT molecular complexity index is 2040. The Hall–Kier alpha value is -4.80. The molecule has 3 nitrogen and oxygen atoms in total. The van der Waals surface area contributed by atoms with E-state index in [0.29, 0.717) is 0 Å². The van der Waals surface area contributed by atoms with Crippen LogP contribution in [0.2, 0.25) is 13.1 Å². The van der Waals surface area contributed by atoms with E-state index in [0.717, 1.165) is 34.0 Å². The minimum atomic E-state index is -1.98. The number of fused-ring (bicyclic) bond motifs is 6. The zero-order chi connectivity index (χ0) is 26.8. The third-order valence-electron chi connectivity index (χ3n) is 8.38. The minimum Gasteiger partial charge on any atom is -0.309 e. The van der Waals surface area contributed by atoms with Gasteiger partial charge in [0.25, 0.3) is 0 Å². The molecule has 0 N–H and O–H groups in total. The van der Waals surface area contributed by atoms with Crippen molar-refractivity contribution < 1.29 is 0 Å². The van der Waals surface area contributed by atoms with Crippen molar-refractivity contribution in [3.8, 4) is 39.6 Å². The Morgan fingerprint density at radius 2 is 1.15 bits per heavy atom. The van der Waals surface area contributed by atoms with Gasteiger partial charge in [-0.25, -0.2) is 9.97 Å². The summed E-state index contributed by atoms with van der Waals surface area (Å²) in [4.78, 5) is 10.6. The van der Waals surface area contributed by atoms with Gasteiger partial charge in [0.15, 0.2) is 5.82 Å². The van der Waals surface area contributed by atoms with Crippen molar-refractivity contribution in [2.75, 3.05) is 0 Å². The zero-order valence-electron chi connectivity index (χ0n) is 22.5. The number of aromatic nitrogens is 3. The van der Waals surface area contributed by atoms with Gasteiger partial charge < -0.3 is 4.57 Å². The first kappa shape index (κ1) is 23.1. The first-order valence-corrected chi connectivity index (χ1v) is 16.8. The van der Waals surface area contributed by atoms with E-state index < -0.39 is 8.07 Å². The largest absolute Gasteiger partial charge is 0.309 e. The second-order valence-corrected chi connectivity index (χ2v) is 15.4. The maximum absolute atomic E-state index is 5.32. The molecular weight excluding hydrogens is 503 g/mol. The Balaban J connectivity index is 1.38. The molecule has 0 unspecified atom stereocenters. The maximum Gasteiger partial charge on any atom is 0.160 e. The lowest BCUT2D eigenvalue weighted by atomic mass is 10.1. The van der Waals surface area contributed by atoms with Crippen molar-refractivity contribution in [1.29, 1.82) is 0 Å². The average molecular weight is 530 g/mol. The molecule has 2 aromatic heterocycles. The van der Waals surface area contributed by atoms with Crippen molar-refractivity contribution in [2.24, 2.45) is 0 Å². The molecule has 8 rings (SSSR count). The zero-order valence-corrected chi connectivity index (χ0v) is 23.5. The smallest absolute Gasteiger partial charge is 0.160 e. The summed E-state index contributed by atoms with van der Waals surface area (Å²) in [5.74, 6) is 0.765. The molecule has 0 saturated carbocycles. The normalized spacial score (nSPS) is 13.4. The van der Waals surface area contributed by atoms with Crippen LogP contribution in [0.25, 0.3) is 61.4 Å². The van der Waals surface area contributed by atoms with Crippen LogP contribution < -0.4 is 10.4 Å². The van der Waals surface area contributed by atoms with Gasteiger partial charge >= 0.3 is 0 Å². The number of hydrogen-bond donors (Lipinski definition) is 0. The van der Waals surface area contributed by atoms with E-state index >= 15 is 0 Å². The molecule has 3 heterocycles. The Morgan fingerprint density at radius 3 is 1.90 bits per heavy atom. The fourth-order valence-corrected chi connectivity index (χ4v) is 9.77. The van der Waals surface area contributed by atoms with E-state index in [-0.39, 0.29) is 0 Å². The van der Waals surface area contributed by atoms with Crippen LogP contribution >= 0.6 is 0 Å². The molecule has 0 amide bonds. The topological polar surface area (TPSA) is 30.7 Å². The van der Waals surface area contributed by atoms with Gasteiger partial charge in [-0.3, -0.25) is 0 Å². The van der Waals surface area contributed by atoms with Gasteiger partial charge in [-0.15, -0.1) is 0 Å². The Labute approximate surface area is 234 Å². The first-order chi connectivity index (χ1) is 19.6. The standard InChI is InChI=1S/C36H27N3Si/c1-40(2)32-22-11-8-19-29(32)34-35(40)33(24-13-4-3-5-14-24)37-36(38-34)25-15-12-16-26(23-25)39-30-20-9-6-17-27(30)28-18-7-10-21-31(28)39/h3-23H,1-2H3. The molecule has 0 bridgehead atoms. The SMILES string of the molecule is C[Si]1(C)c2ccccc2-c2nc(-c3cccc(-n4c5ccccc5c5ccccc54)c3)nc(-c3ccccc3)c21. The van der Waals surface area contributed by atoms with Crippen LogP contribution in [0.15, 0.2) is 127 Å². The highest BCUT2D eigenvalue weighted by molar-refractivity contribution is 7.04. The number of rotatable bonds is 3. The second kappa shape index (κ2) is 8.60. The van der Waals surface area contributed by atoms with E-state index in [1.807, 2.05) is 0 Å². The van der Waals surface area contributed by atoms with Crippen LogP contribution in [-0.4, -0.2) is 22.6 Å². The number of hydrogen-bond acceptors (Lipinski definition) is 2. The lowest BCUT2D eigenvalue weighted by Gasteiger charge is -2.21. The molecule has 1 aliphatic heterocycles. The van der Waals surface area contributed by atoms with Crippen LogP contribution in [0, 0.1) is 0 Å². The average Bonchev–Trinajstić information content (AvgIpc) is 3.47. The molecule has 5 aromatic carbocycles. The summed E-state index contributed by atoms with van der Waals surface area (Å²) in [7, 11) is -1.98. The first-order valence-electron chi connectivity index (χ1n) is 13.8. The van der Waals surface area contributed by atoms with E-state index in [9.17, 15) is 0 Å². The summed E-state index contributed by atoms with van der Waals surface area (Å²) in [5, 5.41) is 5.29. The van der Waals surface area contributed by atoms with Gasteiger partial charge in [-0.05, 0) is 40.2 Å². The van der Waals surface area contributed by atoms with E-state index in [1.165, 1.54) is 37.7 Å². The molecule has 7 aromatic rings. The molecule has 0 radical (unpaired) electrons. The summed E-state index contributed by atoms with van der Waals surface area (Å²) < 4.78 is 2.35. The Kier molecular flexibility index (Phi) is 4.97. The quantitative estimate of drug-likeness (QED) is 0.220. The van der Waals surface area contributed by atoms with Crippen molar-refractivity contribution >= 4 is 40.3 Å². The predicted octanol–water partition coefficient (Wildman–Crippen LogP) is 7.71. The van der Waals surface area contributed by atoms with Gasteiger partial charge in [0.2, 0.25) is 0 Å². The molecule has 0 saturated heterocycles. The van der Waals surface area contributed by atoms with E-state index in [1.54, 1.807) is 0 Å². The summed E-state index contributed by atoms with van der Waals surface area (Å²) >= 11 is 0. The molecule has 0 aliphatic carbocycles. The fraction of sp³-hybridized carbons (Fsp3) is 0.0556. The molecule has 4 heteroatoms. The molecule has 1 aliphatic rings. The van der Waals surface area contributed by atoms with Gasteiger partial charge in [-0.1, -0.05) is 116 Å². The van der Waals surface area contributed by atoms with Gasteiger partial charge in [0, 0.05) is 27.6 Å². The molecule has 40 heavy (non-hydrogen) atoms. The highest BCUT2D eigenvalue weighted by Gasteiger charge is 2.41. The second-order valence-electron chi connectivity index (χ2n) is 11.1. The van der Waals surface area contributed by atoms with Gasteiger partial charge in [-0.2, -0.15) is 0 Å².